The van der Waals surface area contributed by atoms with E-state index in [-0.39, 0.29) is 11.3 Å². The number of imidazole rings is 1. The molecule has 4 aromatic rings. The average molecular weight is 430 g/mol. The van der Waals surface area contributed by atoms with Crippen molar-refractivity contribution in [3.8, 4) is 11.1 Å². The smallest absolute Gasteiger partial charge is 0.329 e. The van der Waals surface area contributed by atoms with E-state index in [1.165, 1.54) is 45.4 Å². The van der Waals surface area contributed by atoms with Gasteiger partial charge in [0.05, 0.1) is 11.8 Å². The Morgan fingerprint density at radius 3 is 2.80 bits per heavy atom. The van der Waals surface area contributed by atoms with Crippen LogP contribution >= 0.6 is 11.3 Å². The molecule has 0 spiro atoms. The van der Waals surface area contributed by atoms with Gasteiger partial charge in [0, 0.05) is 60.0 Å². The zero-order valence-corrected chi connectivity index (χ0v) is 16.0. The third-order valence-electron chi connectivity index (χ3n) is 4.82. The molecule has 1 aliphatic heterocycles. The summed E-state index contributed by atoms with van der Waals surface area (Å²) in [4.78, 5) is 22.7. The van der Waals surface area contributed by atoms with E-state index in [1.807, 2.05) is 11.5 Å². The van der Waals surface area contributed by atoms with Crippen molar-refractivity contribution < 1.29 is 18.0 Å². The van der Waals surface area contributed by atoms with Crippen LogP contribution in [-0.4, -0.2) is 48.5 Å². The Bertz CT molecular complexity index is 1260. The van der Waals surface area contributed by atoms with Crippen LogP contribution in [-0.2, 0) is 6.18 Å². The van der Waals surface area contributed by atoms with Gasteiger partial charge in [0.15, 0.2) is 0 Å². The lowest BCUT2D eigenvalue weighted by Crippen LogP contribution is -2.29. The molecule has 0 aromatic carbocycles. The standard InChI is InChI=1S/C19H13F3N6OS/c20-19(21,22)14-5-12(13-6-24-25-7-13)9-28-10-15(26-16(14)28)18(29)27-3-1-11(8-27)17-23-2-4-30-17/h1-2,4-7,9-10H,3,8H2,(H,24,25). The number of carbonyl (C=O) groups excluding carboxylic acids is 1. The van der Waals surface area contributed by atoms with Gasteiger partial charge in [-0.1, -0.05) is 6.08 Å². The number of pyridine rings is 1. The molecule has 0 saturated heterocycles. The maximum absolute atomic E-state index is 13.7. The summed E-state index contributed by atoms with van der Waals surface area (Å²) < 4.78 is 42.3. The molecule has 0 bridgehead atoms. The number of amides is 1. The van der Waals surface area contributed by atoms with Crippen LogP contribution in [0.25, 0.3) is 22.3 Å². The lowest BCUT2D eigenvalue weighted by atomic mass is 10.1. The Morgan fingerprint density at radius 2 is 2.10 bits per heavy atom. The molecule has 0 aliphatic carbocycles. The molecule has 0 unspecified atom stereocenters. The predicted molar refractivity (Wildman–Crippen MR) is 104 cm³/mol. The van der Waals surface area contributed by atoms with Crippen molar-refractivity contribution in [1.82, 2.24) is 29.5 Å². The molecular weight excluding hydrogens is 417 g/mol. The SMILES string of the molecule is O=C(c1cn2cc(-c3cn[nH]c3)cc(C(F)(F)F)c2n1)N1CC=C(c2nccs2)C1. The number of halogens is 3. The first-order valence-corrected chi connectivity index (χ1v) is 9.75. The minimum absolute atomic E-state index is 0.0429. The number of rotatable bonds is 3. The first-order chi connectivity index (χ1) is 14.4. The molecule has 5 rings (SSSR count). The first-order valence-electron chi connectivity index (χ1n) is 8.87. The van der Waals surface area contributed by atoms with E-state index in [4.69, 9.17) is 0 Å². The minimum atomic E-state index is -4.63. The van der Waals surface area contributed by atoms with Gasteiger partial charge >= 0.3 is 6.18 Å². The van der Waals surface area contributed by atoms with Gasteiger partial charge in [-0.2, -0.15) is 18.3 Å². The van der Waals surface area contributed by atoms with Crippen molar-refractivity contribution in [3.63, 3.8) is 0 Å². The highest BCUT2D eigenvalue weighted by Crippen LogP contribution is 2.35. The number of carbonyl (C=O) groups is 1. The minimum Gasteiger partial charge on any atom is -0.329 e. The van der Waals surface area contributed by atoms with Gasteiger partial charge in [-0.15, -0.1) is 11.3 Å². The monoisotopic (exact) mass is 430 g/mol. The highest BCUT2D eigenvalue weighted by molar-refractivity contribution is 7.10. The fourth-order valence-corrected chi connectivity index (χ4v) is 4.06. The molecule has 1 amide bonds. The van der Waals surface area contributed by atoms with E-state index in [9.17, 15) is 18.0 Å². The second-order valence-corrected chi connectivity index (χ2v) is 7.63. The summed E-state index contributed by atoms with van der Waals surface area (Å²) in [5, 5.41) is 9.04. The fraction of sp³-hybridized carbons (Fsp3) is 0.158. The number of thiazole rings is 1. The molecule has 0 fully saturated rings. The maximum Gasteiger partial charge on any atom is 0.420 e. The summed E-state index contributed by atoms with van der Waals surface area (Å²) in [5.41, 5.74) is 0.460. The van der Waals surface area contributed by atoms with E-state index in [2.05, 4.69) is 20.2 Å². The Labute approximate surface area is 171 Å². The Morgan fingerprint density at radius 1 is 1.23 bits per heavy atom. The molecule has 0 saturated carbocycles. The van der Waals surface area contributed by atoms with Gasteiger partial charge in [-0.05, 0) is 6.07 Å². The van der Waals surface area contributed by atoms with Crippen LogP contribution in [0.4, 0.5) is 13.2 Å². The predicted octanol–water partition coefficient (Wildman–Crippen LogP) is 3.74. The van der Waals surface area contributed by atoms with E-state index >= 15 is 0 Å². The molecule has 4 aromatic heterocycles. The number of nitrogens with one attached hydrogen (secondary N) is 1. The number of hydrogen-bond acceptors (Lipinski definition) is 5. The normalized spacial score (nSPS) is 14.5. The molecular formula is C19H13F3N6OS. The van der Waals surface area contributed by atoms with Crippen molar-refractivity contribution in [2.45, 2.75) is 6.18 Å². The second-order valence-electron chi connectivity index (χ2n) is 6.74. The van der Waals surface area contributed by atoms with Crippen LogP contribution < -0.4 is 0 Å². The van der Waals surface area contributed by atoms with Crippen LogP contribution in [0.2, 0.25) is 0 Å². The van der Waals surface area contributed by atoms with Crippen molar-refractivity contribution in [1.29, 1.82) is 0 Å². The number of H-pyrrole nitrogens is 1. The highest BCUT2D eigenvalue weighted by Gasteiger charge is 2.35. The third kappa shape index (κ3) is 3.16. The topological polar surface area (TPSA) is 79.2 Å². The van der Waals surface area contributed by atoms with Crippen molar-refractivity contribution in [3.05, 3.63) is 64.8 Å². The van der Waals surface area contributed by atoms with E-state index in [0.29, 0.717) is 24.2 Å². The molecule has 0 radical (unpaired) electrons. The van der Waals surface area contributed by atoms with E-state index < -0.39 is 17.6 Å². The largest absolute Gasteiger partial charge is 0.420 e. The van der Waals surface area contributed by atoms with Crippen LogP contribution in [0.3, 0.4) is 0 Å². The van der Waals surface area contributed by atoms with Crippen molar-refractivity contribution >= 4 is 28.5 Å². The lowest BCUT2D eigenvalue weighted by Gasteiger charge is -2.14. The van der Waals surface area contributed by atoms with Gasteiger partial charge in [-0.25, -0.2) is 9.97 Å². The summed E-state index contributed by atoms with van der Waals surface area (Å²) in [5.74, 6) is -0.431. The molecule has 30 heavy (non-hydrogen) atoms. The summed E-state index contributed by atoms with van der Waals surface area (Å²) in [6.45, 7) is 0.695. The van der Waals surface area contributed by atoms with Gasteiger partial charge < -0.3 is 9.30 Å². The number of fused-ring (bicyclic) bond motifs is 1. The maximum atomic E-state index is 13.7. The third-order valence-corrected chi connectivity index (χ3v) is 5.67. The average Bonchev–Trinajstić information content (AvgIpc) is 3.51. The molecule has 152 valence electrons. The number of aromatic nitrogens is 5. The summed E-state index contributed by atoms with van der Waals surface area (Å²) in [6.07, 6.45) is 4.72. The Hall–Kier alpha value is -3.47. The van der Waals surface area contributed by atoms with Gasteiger partial charge in [0.1, 0.15) is 16.3 Å². The fourth-order valence-electron chi connectivity index (χ4n) is 3.39. The summed E-state index contributed by atoms with van der Waals surface area (Å²) in [6, 6.07) is 1.01. The van der Waals surface area contributed by atoms with Gasteiger partial charge in [0.25, 0.3) is 5.91 Å². The second kappa shape index (κ2) is 6.80. The zero-order chi connectivity index (χ0) is 20.9. The number of nitrogens with zero attached hydrogens (tertiary/aromatic N) is 5. The van der Waals surface area contributed by atoms with Crippen LogP contribution in [0.15, 0.2) is 48.5 Å². The van der Waals surface area contributed by atoms with Gasteiger partial charge in [-0.3, -0.25) is 9.89 Å². The van der Waals surface area contributed by atoms with Crippen molar-refractivity contribution in [2.24, 2.45) is 0 Å². The van der Waals surface area contributed by atoms with Crippen LogP contribution in [0.1, 0.15) is 21.1 Å². The van der Waals surface area contributed by atoms with E-state index in [0.717, 1.165) is 16.6 Å². The quantitative estimate of drug-likeness (QED) is 0.537. The molecule has 1 aliphatic rings. The molecule has 5 heterocycles. The lowest BCUT2D eigenvalue weighted by molar-refractivity contribution is -0.136. The van der Waals surface area contributed by atoms with Crippen LogP contribution in [0.5, 0.6) is 0 Å². The van der Waals surface area contributed by atoms with Gasteiger partial charge in [0.2, 0.25) is 0 Å². The summed E-state index contributed by atoms with van der Waals surface area (Å²) in [7, 11) is 0. The summed E-state index contributed by atoms with van der Waals surface area (Å²) >= 11 is 1.47. The van der Waals surface area contributed by atoms with Crippen molar-refractivity contribution in [2.75, 3.05) is 13.1 Å². The Kier molecular flexibility index (Phi) is 4.21. The first kappa shape index (κ1) is 18.6. The number of aromatic amines is 1. The molecule has 11 heteroatoms. The van der Waals surface area contributed by atoms with E-state index in [1.54, 1.807) is 6.20 Å². The number of hydrogen-bond donors (Lipinski definition) is 1. The zero-order valence-electron chi connectivity index (χ0n) is 15.2. The molecule has 0 atom stereocenters. The molecule has 7 nitrogen and oxygen atoms in total. The number of alkyl halides is 3. The Balaban J connectivity index is 1.51. The van der Waals surface area contributed by atoms with Crippen LogP contribution in [0, 0.1) is 0 Å². The molecule has 1 N–H and O–H groups in total. The highest BCUT2D eigenvalue weighted by atomic mass is 32.1.